The van der Waals surface area contributed by atoms with Crippen LogP contribution in [0.1, 0.15) is 41.6 Å². The summed E-state index contributed by atoms with van der Waals surface area (Å²) in [6.07, 6.45) is 1.75. The Morgan fingerprint density at radius 3 is 2.32 bits per heavy atom. The van der Waals surface area contributed by atoms with Gasteiger partial charge in [-0.1, -0.05) is 0 Å². The van der Waals surface area contributed by atoms with Crippen LogP contribution < -0.4 is 4.74 Å². The quantitative estimate of drug-likeness (QED) is 0.167. The number of halogens is 1. The monoisotopic (exact) mass is 461 g/mol. The molecule has 1 saturated carbocycles. The molecule has 34 heavy (non-hydrogen) atoms. The predicted octanol–water partition coefficient (Wildman–Crippen LogP) is 6.99. The minimum Gasteiger partial charge on any atom is -0.462 e. The third-order valence-electron chi connectivity index (χ3n) is 5.70. The van der Waals surface area contributed by atoms with E-state index in [1.165, 1.54) is 30.3 Å². The summed E-state index contributed by atoms with van der Waals surface area (Å²) >= 11 is 0. The third-order valence-corrected chi connectivity index (χ3v) is 5.70. The van der Waals surface area contributed by atoms with Crippen LogP contribution in [0.25, 0.3) is 22.3 Å². The highest BCUT2D eigenvalue weighted by Crippen LogP contribution is 2.47. The molecule has 172 valence electrons. The fourth-order valence-corrected chi connectivity index (χ4v) is 3.95. The van der Waals surface area contributed by atoms with Gasteiger partial charge in [-0.2, -0.15) is 0 Å². The van der Waals surface area contributed by atoms with E-state index in [0.29, 0.717) is 28.0 Å². The van der Waals surface area contributed by atoms with Crippen LogP contribution in [0.5, 0.6) is 11.5 Å². The molecule has 5 rings (SSSR count). The molecule has 4 aromatic rings. The molecule has 0 N–H and O–H groups in total. The SMILES string of the molecule is CCOC(=O)c1c(-c2ccc(Oc3ccc(F)cc3)cc2)oc2cc([N+](=O)[O-])c(C3CC3)cc12. The lowest BCUT2D eigenvalue weighted by Gasteiger charge is -2.07. The number of hydrogen-bond acceptors (Lipinski definition) is 6. The van der Waals surface area contributed by atoms with E-state index in [9.17, 15) is 19.3 Å². The summed E-state index contributed by atoms with van der Waals surface area (Å²) in [7, 11) is 0. The van der Waals surface area contributed by atoms with Gasteiger partial charge in [-0.15, -0.1) is 0 Å². The minimum absolute atomic E-state index is 0.00578. The lowest BCUT2D eigenvalue weighted by molar-refractivity contribution is -0.385. The van der Waals surface area contributed by atoms with Crippen LogP contribution in [0, 0.1) is 15.9 Å². The van der Waals surface area contributed by atoms with Gasteiger partial charge in [-0.3, -0.25) is 10.1 Å². The number of rotatable bonds is 7. The number of nitro benzene ring substituents is 1. The zero-order chi connectivity index (χ0) is 23.8. The summed E-state index contributed by atoms with van der Waals surface area (Å²) in [5, 5.41) is 12.1. The first kappa shape index (κ1) is 21.6. The molecule has 1 aliphatic rings. The Labute approximate surface area is 193 Å². The van der Waals surface area contributed by atoms with Gasteiger partial charge >= 0.3 is 5.97 Å². The van der Waals surface area contributed by atoms with Crippen molar-refractivity contribution in [2.24, 2.45) is 0 Å². The normalized spacial score (nSPS) is 13.1. The standard InChI is InChI=1S/C26H20FNO6/c1-2-32-26(29)24-21-13-20(15-3-4-15)22(28(30)31)14-23(21)34-25(24)16-5-9-18(10-6-16)33-19-11-7-17(27)8-12-19/h5-15H,2-4H2,1H3. The van der Waals surface area contributed by atoms with Gasteiger partial charge in [0, 0.05) is 16.5 Å². The highest BCUT2D eigenvalue weighted by atomic mass is 19.1. The topological polar surface area (TPSA) is 91.8 Å². The van der Waals surface area contributed by atoms with Crippen LogP contribution in [0.2, 0.25) is 0 Å². The van der Waals surface area contributed by atoms with Crippen molar-refractivity contribution in [2.75, 3.05) is 6.61 Å². The first-order valence-corrected chi connectivity index (χ1v) is 10.9. The van der Waals surface area contributed by atoms with Crippen LogP contribution in [0.15, 0.2) is 65.1 Å². The van der Waals surface area contributed by atoms with Crippen LogP contribution in [-0.4, -0.2) is 17.5 Å². The summed E-state index contributed by atoms with van der Waals surface area (Å²) in [5.41, 5.74) is 1.68. The molecule has 0 atom stereocenters. The van der Waals surface area contributed by atoms with Crippen molar-refractivity contribution in [2.45, 2.75) is 25.7 Å². The molecular formula is C26H20FNO6. The number of nitro groups is 1. The molecule has 0 unspecified atom stereocenters. The second kappa shape index (κ2) is 8.62. The molecule has 8 heteroatoms. The minimum atomic E-state index is -0.557. The fourth-order valence-electron chi connectivity index (χ4n) is 3.95. The lowest BCUT2D eigenvalue weighted by Crippen LogP contribution is -2.05. The van der Waals surface area contributed by atoms with E-state index in [1.807, 2.05) is 0 Å². The number of carbonyl (C=O) groups excluding carboxylic acids is 1. The van der Waals surface area contributed by atoms with E-state index in [-0.39, 0.29) is 40.9 Å². The van der Waals surface area contributed by atoms with Crippen molar-refractivity contribution >= 4 is 22.6 Å². The van der Waals surface area contributed by atoms with Crippen LogP contribution in [0.3, 0.4) is 0 Å². The Kier molecular flexibility index (Phi) is 5.49. The molecule has 0 amide bonds. The summed E-state index contributed by atoms with van der Waals surface area (Å²) in [5.74, 6) is 0.452. The summed E-state index contributed by atoms with van der Waals surface area (Å²) in [4.78, 5) is 24.1. The average Bonchev–Trinajstić information content (AvgIpc) is 3.60. The number of fused-ring (bicyclic) bond motifs is 1. The summed E-state index contributed by atoms with van der Waals surface area (Å²) in [6, 6.07) is 15.6. The molecule has 1 aliphatic carbocycles. The van der Waals surface area contributed by atoms with Gasteiger partial charge in [0.05, 0.1) is 17.6 Å². The van der Waals surface area contributed by atoms with Crippen molar-refractivity contribution in [3.63, 3.8) is 0 Å². The zero-order valence-electron chi connectivity index (χ0n) is 18.2. The summed E-state index contributed by atoms with van der Waals surface area (Å²) in [6.45, 7) is 1.89. The van der Waals surface area contributed by atoms with Crippen molar-refractivity contribution in [1.29, 1.82) is 0 Å². The molecule has 0 saturated heterocycles. The molecule has 0 spiro atoms. The molecule has 1 fully saturated rings. The van der Waals surface area contributed by atoms with Crippen molar-refractivity contribution in [1.82, 2.24) is 0 Å². The first-order chi connectivity index (χ1) is 16.4. The van der Waals surface area contributed by atoms with Gasteiger partial charge in [-0.25, -0.2) is 9.18 Å². The maximum atomic E-state index is 13.1. The third kappa shape index (κ3) is 4.10. The highest BCUT2D eigenvalue weighted by molar-refractivity contribution is 6.09. The number of esters is 1. The maximum Gasteiger partial charge on any atom is 0.342 e. The number of furan rings is 1. The maximum absolute atomic E-state index is 13.1. The number of hydrogen-bond donors (Lipinski definition) is 0. The second-order valence-corrected chi connectivity index (χ2v) is 8.05. The van der Waals surface area contributed by atoms with E-state index in [0.717, 1.165) is 12.8 Å². The van der Waals surface area contributed by atoms with Crippen molar-refractivity contribution in [3.05, 3.63) is 87.7 Å². The average molecular weight is 461 g/mol. The smallest absolute Gasteiger partial charge is 0.342 e. The number of carbonyl (C=O) groups is 1. The van der Waals surface area contributed by atoms with Crippen LogP contribution >= 0.6 is 0 Å². The number of ether oxygens (including phenoxy) is 2. The molecule has 7 nitrogen and oxygen atoms in total. The van der Waals surface area contributed by atoms with E-state index in [4.69, 9.17) is 13.9 Å². The van der Waals surface area contributed by atoms with Gasteiger partial charge in [0.25, 0.3) is 5.69 Å². The number of nitrogens with zero attached hydrogens (tertiary/aromatic N) is 1. The largest absolute Gasteiger partial charge is 0.462 e. The van der Waals surface area contributed by atoms with Gasteiger partial charge in [0.1, 0.15) is 34.2 Å². The Morgan fingerprint density at radius 1 is 1.09 bits per heavy atom. The molecule has 1 heterocycles. The highest BCUT2D eigenvalue weighted by Gasteiger charge is 2.33. The van der Waals surface area contributed by atoms with E-state index >= 15 is 0 Å². The Morgan fingerprint density at radius 2 is 1.74 bits per heavy atom. The van der Waals surface area contributed by atoms with Crippen LogP contribution in [-0.2, 0) is 4.74 Å². The van der Waals surface area contributed by atoms with E-state index in [2.05, 4.69) is 0 Å². The Balaban J connectivity index is 1.57. The predicted molar refractivity (Wildman–Crippen MR) is 123 cm³/mol. The Hall–Kier alpha value is -4.20. The molecule has 3 aromatic carbocycles. The summed E-state index contributed by atoms with van der Waals surface area (Å²) < 4.78 is 30.1. The Bertz CT molecular complexity index is 1390. The second-order valence-electron chi connectivity index (χ2n) is 8.05. The lowest BCUT2D eigenvalue weighted by atomic mass is 10.0. The molecule has 0 aliphatic heterocycles. The number of benzene rings is 3. The molecule has 0 radical (unpaired) electrons. The van der Waals surface area contributed by atoms with E-state index < -0.39 is 10.9 Å². The van der Waals surface area contributed by atoms with Gasteiger partial charge in [-0.05, 0) is 80.3 Å². The molecular weight excluding hydrogens is 441 g/mol. The van der Waals surface area contributed by atoms with Gasteiger partial charge in [0.15, 0.2) is 0 Å². The van der Waals surface area contributed by atoms with Gasteiger partial charge < -0.3 is 13.9 Å². The zero-order valence-corrected chi connectivity index (χ0v) is 18.2. The van der Waals surface area contributed by atoms with Gasteiger partial charge in [0.2, 0.25) is 0 Å². The van der Waals surface area contributed by atoms with Crippen molar-refractivity contribution < 1.29 is 28.0 Å². The molecule has 0 bridgehead atoms. The van der Waals surface area contributed by atoms with Crippen LogP contribution in [0.4, 0.5) is 10.1 Å². The van der Waals surface area contributed by atoms with Crippen molar-refractivity contribution in [3.8, 4) is 22.8 Å². The molecule has 1 aromatic heterocycles. The fraction of sp³-hybridized carbons (Fsp3) is 0.192. The first-order valence-electron chi connectivity index (χ1n) is 10.9. The van der Waals surface area contributed by atoms with E-state index in [1.54, 1.807) is 37.3 Å².